The van der Waals surface area contributed by atoms with Crippen LogP contribution < -0.4 is 10.6 Å². The van der Waals surface area contributed by atoms with Crippen LogP contribution in [0.25, 0.3) is 0 Å². The highest BCUT2D eigenvalue weighted by molar-refractivity contribution is 9.10. The SMILES string of the molecule is CCNc1cccc(C(=O)NCc2sccc2Br)n1. The second-order valence-electron chi connectivity index (χ2n) is 3.81. The topological polar surface area (TPSA) is 54.0 Å². The number of hydrogen-bond acceptors (Lipinski definition) is 4. The first-order chi connectivity index (χ1) is 9.20. The summed E-state index contributed by atoms with van der Waals surface area (Å²) < 4.78 is 1.02. The van der Waals surface area contributed by atoms with Crippen molar-refractivity contribution in [2.24, 2.45) is 0 Å². The van der Waals surface area contributed by atoms with Gasteiger partial charge >= 0.3 is 0 Å². The molecule has 0 radical (unpaired) electrons. The van der Waals surface area contributed by atoms with Crippen LogP contribution in [0.15, 0.2) is 34.1 Å². The van der Waals surface area contributed by atoms with Crippen molar-refractivity contribution in [3.8, 4) is 0 Å². The van der Waals surface area contributed by atoms with Crippen molar-refractivity contribution >= 4 is 39.0 Å². The van der Waals surface area contributed by atoms with Gasteiger partial charge in [0.2, 0.25) is 0 Å². The standard InChI is InChI=1S/C13H14BrN3OS/c1-2-15-12-5-3-4-10(17-12)13(18)16-8-11-9(14)6-7-19-11/h3-7H,2,8H2,1H3,(H,15,17)(H,16,18). The highest BCUT2D eigenvalue weighted by Crippen LogP contribution is 2.22. The minimum absolute atomic E-state index is 0.167. The van der Waals surface area contributed by atoms with Crippen LogP contribution in [0.5, 0.6) is 0 Å². The van der Waals surface area contributed by atoms with Crippen molar-refractivity contribution in [3.63, 3.8) is 0 Å². The fourth-order valence-corrected chi connectivity index (χ4v) is 2.98. The third-order valence-corrected chi connectivity index (χ3v) is 4.37. The number of carbonyl (C=O) groups is 1. The van der Waals surface area contributed by atoms with Gasteiger partial charge in [-0.05, 0) is 46.4 Å². The lowest BCUT2D eigenvalue weighted by Crippen LogP contribution is -2.23. The molecule has 0 unspecified atom stereocenters. The summed E-state index contributed by atoms with van der Waals surface area (Å²) in [6.07, 6.45) is 0. The lowest BCUT2D eigenvalue weighted by molar-refractivity contribution is 0.0946. The number of nitrogens with zero attached hydrogens (tertiary/aromatic N) is 1. The van der Waals surface area contributed by atoms with Crippen LogP contribution >= 0.6 is 27.3 Å². The molecule has 0 saturated heterocycles. The molecule has 0 aliphatic heterocycles. The van der Waals surface area contributed by atoms with Gasteiger partial charge in [-0.2, -0.15) is 0 Å². The Morgan fingerprint density at radius 1 is 1.42 bits per heavy atom. The minimum atomic E-state index is -0.167. The Bertz CT molecular complexity index is 571. The van der Waals surface area contributed by atoms with Crippen LogP contribution in [0.1, 0.15) is 22.3 Å². The van der Waals surface area contributed by atoms with Gasteiger partial charge in [-0.15, -0.1) is 11.3 Å². The molecule has 0 spiro atoms. The van der Waals surface area contributed by atoms with Gasteiger partial charge in [-0.1, -0.05) is 6.07 Å². The molecule has 0 atom stereocenters. The number of anilines is 1. The summed E-state index contributed by atoms with van der Waals surface area (Å²) in [6, 6.07) is 7.34. The molecular weight excluding hydrogens is 326 g/mol. The smallest absolute Gasteiger partial charge is 0.270 e. The zero-order valence-electron chi connectivity index (χ0n) is 10.4. The van der Waals surface area contributed by atoms with Gasteiger partial charge < -0.3 is 10.6 Å². The second-order valence-corrected chi connectivity index (χ2v) is 5.67. The van der Waals surface area contributed by atoms with Crippen molar-refractivity contribution in [1.29, 1.82) is 0 Å². The van der Waals surface area contributed by atoms with E-state index in [-0.39, 0.29) is 5.91 Å². The zero-order chi connectivity index (χ0) is 13.7. The molecule has 0 aliphatic rings. The number of rotatable bonds is 5. The molecule has 100 valence electrons. The van der Waals surface area contributed by atoms with E-state index in [2.05, 4.69) is 31.5 Å². The summed E-state index contributed by atoms with van der Waals surface area (Å²) in [4.78, 5) is 17.3. The largest absolute Gasteiger partial charge is 0.370 e. The van der Waals surface area contributed by atoms with E-state index >= 15 is 0 Å². The molecule has 0 fully saturated rings. The van der Waals surface area contributed by atoms with Crippen LogP contribution in [-0.2, 0) is 6.54 Å². The molecule has 2 rings (SSSR count). The van der Waals surface area contributed by atoms with Crippen molar-refractivity contribution < 1.29 is 4.79 Å². The quantitative estimate of drug-likeness (QED) is 0.878. The number of thiophene rings is 1. The number of nitrogens with one attached hydrogen (secondary N) is 2. The number of carbonyl (C=O) groups excluding carboxylic acids is 1. The van der Waals surface area contributed by atoms with Crippen LogP contribution in [0.3, 0.4) is 0 Å². The van der Waals surface area contributed by atoms with E-state index in [4.69, 9.17) is 0 Å². The number of halogens is 1. The van der Waals surface area contributed by atoms with Gasteiger partial charge in [-0.25, -0.2) is 4.98 Å². The minimum Gasteiger partial charge on any atom is -0.370 e. The van der Waals surface area contributed by atoms with E-state index < -0.39 is 0 Å². The van der Waals surface area contributed by atoms with Gasteiger partial charge in [0.25, 0.3) is 5.91 Å². The van der Waals surface area contributed by atoms with Gasteiger partial charge in [0, 0.05) is 15.9 Å². The van der Waals surface area contributed by atoms with Crippen LogP contribution in [-0.4, -0.2) is 17.4 Å². The Labute approximate surface area is 124 Å². The molecule has 0 saturated carbocycles. The summed E-state index contributed by atoms with van der Waals surface area (Å²) >= 11 is 5.04. The summed E-state index contributed by atoms with van der Waals surface area (Å²) in [5, 5.41) is 7.93. The van der Waals surface area contributed by atoms with Crippen molar-refractivity contribution in [3.05, 3.63) is 44.7 Å². The Morgan fingerprint density at radius 2 is 2.26 bits per heavy atom. The van der Waals surface area contributed by atoms with Gasteiger partial charge in [0.05, 0.1) is 6.54 Å². The maximum atomic E-state index is 12.0. The Balaban J connectivity index is 2.00. The molecule has 2 heterocycles. The molecule has 2 aromatic rings. The molecule has 1 amide bonds. The fraction of sp³-hybridized carbons (Fsp3) is 0.231. The van der Waals surface area contributed by atoms with Gasteiger partial charge in [-0.3, -0.25) is 4.79 Å². The molecular formula is C13H14BrN3OS. The predicted octanol–water partition coefficient (Wildman–Crippen LogP) is 3.27. The molecule has 2 N–H and O–H groups in total. The second kappa shape index (κ2) is 6.68. The third-order valence-electron chi connectivity index (χ3n) is 2.44. The average Bonchev–Trinajstić information content (AvgIpc) is 2.82. The molecule has 0 bridgehead atoms. The van der Waals surface area contributed by atoms with Gasteiger partial charge in [0.15, 0.2) is 0 Å². The molecule has 19 heavy (non-hydrogen) atoms. The molecule has 2 aromatic heterocycles. The maximum absolute atomic E-state index is 12.0. The fourth-order valence-electron chi connectivity index (χ4n) is 1.54. The molecule has 6 heteroatoms. The third kappa shape index (κ3) is 3.78. The van der Waals surface area contributed by atoms with E-state index in [1.165, 1.54) is 0 Å². The summed E-state index contributed by atoms with van der Waals surface area (Å²) in [7, 11) is 0. The summed E-state index contributed by atoms with van der Waals surface area (Å²) in [5.74, 6) is 0.549. The number of aromatic nitrogens is 1. The van der Waals surface area contributed by atoms with Crippen LogP contribution in [0.2, 0.25) is 0 Å². The highest BCUT2D eigenvalue weighted by Gasteiger charge is 2.09. The predicted molar refractivity (Wildman–Crippen MR) is 81.6 cm³/mol. The Morgan fingerprint density at radius 3 is 2.95 bits per heavy atom. The average molecular weight is 340 g/mol. The van der Waals surface area contributed by atoms with E-state index in [0.29, 0.717) is 18.1 Å². The zero-order valence-corrected chi connectivity index (χ0v) is 12.8. The highest BCUT2D eigenvalue weighted by atomic mass is 79.9. The first-order valence-electron chi connectivity index (χ1n) is 5.91. The van der Waals surface area contributed by atoms with Crippen LogP contribution in [0.4, 0.5) is 5.82 Å². The lowest BCUT2D eigenvalue weighted by atomic mass is 10.3. The summed E-state index contributed by atoms with van der Waals surface area (Å²) in [6.45, 7) is 3.27. The monoisotopic (exact) mass is 339 g/mol. The van der Waals surface area contributed by atoms with E-state index in [1.807, 2.05) is 30.5 Å². The van der Waals surface area contributed by atoms with E-state index in [0.717, 1.165) is 15.9 Å². The lowest BCUT2D eigenvalue weighted by Gasteiger charge is -2.06. The van der Waals surface area contributed by atoms with Gasteiger partial charge in [0.1, 0.15) is 11.5 Å². The van der Waals surface area contributed by atoms with E-state index in [9.17, 15) is 4.79 Å². The van der Waals surface area contributed by atoms with Crippen molar-refractivity contribution in [2.45, 2.75) is 13.5 Å². The first kappa shape index (κ1) is 14.0. The first-order valence-corrected chi connectivity index (χ1v) is 7.59. The summed E-state index contributed by atoms with van der Waals surface area (Å²) in [5.41, 5.74) is 0.422. The Hall–Kier alpha value is -1.40. The van der Waals surface area contributed by atoms with Crippen molar-refractivity contribution in [2.75, 3.05) is 11.9 Å². The van der Waals surface area contributed by atoms with E-state index in [1.54, 1.807) is 17.4 Å². The number of amides is 1. The number of hydrogen-bond donors (Lipinski definition) is 2. The molecule has 0 aliphatic carbocycles. The maximum Gasteiger partial charge on any atom is 0.270 e. The molecule has 0 aromatic carbocycles. The Kier molecular flexibility index (Phi) is 4.93. The molecule has 4 nitrogen and oxygen atoms in total. The van der Waals surface area contributed by atoms with Crippen molar-refractivity contribution in [1.82, 2.24) is 10.3 Å². The number of pyridine rings is 1. The van der Waals surface area contributed by atoms with Crippen LogP contribution in [0, 0.1) is 0 Å². The normalized spacial score (nSPS) is 10.2.